The standard InChI is InChI=1S/C15H19N5O2S/c16-9-20-7-13-14(8-20)17-18-15(13)10-2-1-3-12(6-10)23(21,22)19-11-4-5-11/h1-3,6,11,13-15,17-19H,4-5,7-8H2. The molecule has 4 rings (SSSR count). The van der Waals surface area contributed by atoms with Gasteiger partial charge >= 0.3 is 0 Å². The summed E-state index contributed by atoms with van der Waals surface area (Å²) < 4.78 is 27.5. The van der Waals surface area contributed by atoms with Crippen LogP contribution in [0.2, 0.25) is 0 Å². The molecule has 0 radical (unpaired) electrons. The number of sulfonamides is 1. The fourth-order valence-electron chi connectivity index (χ4n) is 3.40. The molecule has 7 nitrogen and oxygen atoms in total. The molecule has 8 heteroatoms. The molecule has 3 aliphatic rings. The van der Waals surface area contributed by atoms with E-state index in [1.165, 1.54) is 0 Å². The van der Waals surface area contributed by atoms with Crippen LogP contribution in [0.4, 0.5) is 0 Å². The van der Waals surface area contributed by atoms with Crippen molar-refractivity contribution >= 4 is 10.0 Å². The summed E-state index contributed by atoms with van der Waals surface area (Å²) in [7, 11) is -3.45. The summed E-state index contributed by atoms with van der Waals surface area (Å²) in [6.07, 6.45) is 4.02. The third-order valence-corrected chi connectivity index (χ3v) is 6.30. The van der Waals surface area contributed by atoms with Crippen molar-refractivity contribution in [1.82, 2.24) is 20.5 Å². The lowest BCUT2D eigenvalue weighted by molar-refractivity contribution is 0.389. The van der Waals surface area contributed by atoms with E-state index in [-0.39, 0.29) is 24.0 Å². The predicted molar refractivity (Wildman–Crippen MR) is 83.3 cm³/mol. The van der Waals surface area contributed by atoms with Crippen LogP contribution in [-0.2, 0) is 10.0 Å². The van der Waals surface area contributed by atoms with E-state index in [0.717, 1.165) is 18.4 Å². The molecule has 3 N–H and O–H groups in total. The van der Waals surface area contributed by atoms with Crippen molar-refractivity contribution in [3.63, 3.8) is 0 Å². The van der Waals surface area contributed by atoms with Crippen LogP contribution < -0.4 is 15.6 Å². The van der Waals surface area contributed by atoms with Crippen LogP contribution in [-0.4, -0.2) is 38.5 Å². The molecular weight excluding hydrogens is 314 g/mol. The quantitative estimate of drug-likeness (QED) is 0.674. The number of hydrogen-bond donors (Lipinski definition) is 3. The van der Waals surface area contributed by atoms with Crippen molar-refractivity contribution in [3.05, 3.63) is 29.8 Å². The number of nitrogens with one attached hydrogen (secondary N) is 3. The van der Waals surface area contributed by atoms with Gasteiger partial charge in [-0.25, -0.2) is 18.6 Å². The van der Waals surface area contributed by atoms with Crippen molar-refractivity contribution < 1.29 is 8.42 Å². The number of rotatable bonds is 4. The van der Waals surface area contributed by atoms with Gasteiger partial charge in [-0.15, -0.1) is 0 Å². The second kappa shape index (κ2) is 5.46. The molecule has 3 unspecified atom stereocenters. The van der Waals surface area contributed by atoms with E-state index in [2.05, 4.69) is 21.8 Å². The monoisotopic (exact) mass is 333 g/mol. The molecule has 0 spiro atoms. The molecule has 1 aliphatic carbocycles. The number of nitrogens with zero attached hydrogens (tertiary/aromatic N) is 2. The zero-order valence-electron chi connectivity index (χ0n) is 12.6. The van der Waals surface area contributed by atoms with Gasteiger partial charge in [0.1, 0.15) is 0 Å². The summed E-state index contributed by atoms with van der Waals surface area (Å²) in [6.45, 7) is 1.37. The van der Waals surface area contributed by atoms with Gasteiger partial charge in [0.2, 0.25) is 10.0 Å². The van der Waals surface area contributed by atoms with Gasteiger partial charge in [-0.3, -0.25) is 5.43 Å². The molecule has 122 valence electrons. The Morgan fingerprint density at radius 1 is 1.26 bits per heavy atom. The van der Waals surface area contributed by atoms with Gasteiger partial charge in [-0.05, 0) is 30.5 Å². The molecule has 2 heterocycles. The minimum absolute atomic E-state index is 0.00873. The minimum atomic E-state index is -3.45. The third kappa shape index (κ3) is 2.81. The molecule has 3 fully saturated rings. The Balaban J connectivity index is 1.58. The summed E-state index contributed by atoms with van der Waals surface area (Å²) in [5, 5.41) is 9.06. The number of hydrogen-bond acceptors (Lipinski definition) is 6. The van der Waals surface area contributed by atoms with E-state index in [0.29, 0.717) is 18.0 Å². The largest absolute Gasteiger partial charge is 0.309 e. The van der Waals surface area contributed by atoms with Crippen molar-refractivity contribution in [2.45, 2.75) is 35.9 Å². The fraction of sp³-hybridized carbons (Fsp3) is 0.533. The second-order valence-corrected chi connectivity index (χ2v) is 8.22. The number of likely N-dealkylation sites (tertiary alicyclic amines) is 1. The van der Waals surface area contributed by atoms with Crippen molar-refractivity contribution in [3.8, 4) is 6.19 Å². The third-order valence-electron chi connectivity index (χ3n) is 4.79. The topological polar surface area (TPSA) is 97.3 Å². The minimum Gasteiger partial charge on any atom is -0.309 e. The van der Waals surface area contributed by atoms with Gasteiger partial charge in [0.25, 0.3) is 0 Å². The highest BCUT2D eigenvalue weighted by atomic mass is 32.2. The summed E-state index contributed by atoms with van der Waals surface area (Å²) in [6, 6.07) is 7.40. The fourth-order valence-corrected chi connectivity index (χ4v) is 4.76. The van der Waals surface area contributed by atoms with Crippen LogP contribution in [0.5, 0.6) is 0 Å². The van der Waals surface area contributed by atoms with E-state index in [1.807, 2.05) is 6.07 Å². The molecule has 0 amide bonds. The zero-order chi connectivity index (χ0) is 16.0. The van der Waals surface area contributed by atoms with E-state index in [4.69, 9.17) is 5.26 Å². The van der Waals surface area contributed by atoms with Gasteiger partial charge in [-0.2, -0.15) is 5.26 Å². The van der Waals surface area contributed by atoms with Crippen LogP contribution in [0.15, 0.2) is 29.2 Å². The lowest BCUT2D eigenvalue weighted by Gasteiger charge is -2.18. The first-order valence-corrected chi connectivity index (χ1v) is 9.33. The molecule has 23 heavy (non-hydrogen) atoms. The average Bonchev–Trinajstić information content (AvgIpc) is 3.10. The molecule has 0 bridgehead atoms. The van der Waals surface area contributed by atoms with Crippen LogP contribution in [0.3, 0.4) is 0 Å². The number of benzene rings is 1. The van der Waals surface area contributed by atoms with E-state index < -0.39 is 10.0 Å². The Morgan fingerprint density at radius 3 is 2.83 bits per heavy atom. The second-order valence-electron chi connectivity index (χ2n) is 6.51. The maximum absolute atomic E-state index is 12.4. The Labute approximate surface area is 135 Å². The number of nitriles is 1. The first-order valence-electron chi connectivity index (χ1n) is 7.85. The van der Waals surface area contributed by atoms with E-state index in [9.17, 15) is 8.42 Å². The molecule has 1 aromatic carbocycles. The average molecular weight is 333 g/mol. The van der Waals surface area contributed by atoms with Crippen molar-refractivity contribution in [2.75, 3.05) is 13.1 Å². The molecule has 1 saturated carbocycles. The number of fused-ring (bicyclic) bond motifs is 1. The molecule has 2 saturated heterocycles. The molecule has 3 atom stereocenters. The molecule has 0 aromatic heterocycles. The number of hydrazine groups is 1. The van der Waals surface area contributed by atoms with Gasteiger partial charge < -0.3 is 4.90 Å². The zero-order valence-corrected chi connectivity index (χ0v) is 13.4. The van der Waals surface area contributed by atoms with Crippen LogP contribution in [0.1, 0.15) is 24.4 Å². The van der Waals surface area contributed by atoms with Crippen molar-refractivity contribution in [1.29, 1.82) is 5.26 Å². The Hall–Kier alpha value is -1.66. The smallest absolute Gasteiger partial charge is 0.240 e. The summed E-state index contributed by atoms with van der Waals surface area (Å²) in [4.78, 5) is 2.05. The Kier molecular flexibility index (Phi) is 3.54. The van der Waals surface area contributed by atoms with Gasteiger partial charge in [0, 0.05) is 31.1 Å². The summed E-state index contributed by atoms with van der Waals surface area (Å²) in [5.74, 6) is 0.254. The summed E-state index contributed by atoms with van der Waals surface area (Å²) >= 11 is 0. The normalized spacial score (nSPS) is 30.2. The van der Waals surface area contributed by atoms with Gasteiger partial charge in [-0.1, -0.05) is 12.1 Å². The molecule has 2 aliphatic heterocycles. The van der Waals surface area contributed by atoms with Crippen LogP contribution in [0, 0.1) is 17.4 Å². The highest BCUT2D eigenvalue weighted by Gasteiger charge is 2.43. The maximum Gasteiger partial charge on any atom is 0.240 e. The summed E-state index contributed by atoms with van der Waals surface area (Å²) in [5.41, 5.74) is 7.41. The maximum atomic E-state index is 12.4. The predicted octanol–water partition coefficient (Wildman–Crippen LogP) is 0.0577. The Bertz CT molecular complexity index is 755. The first-order chi connectivity index (χ1) is 11.1. The highest BCUT2D eigenvalue weighted by Crippen LogP contribution is 2.34. The van der Waals surface area contributed by atoms with Gasteiger partial charge in [0.05, 0.1) is 10.9 Å². The lowest BCUT2D eigenvalue weighted by Crippen LogP contribution is -2.35. The van der Waals surface area contributed by atoms with E-state index in [1.54, 1.807) is 23.1 Å². The Morgan fingerprint density at radius 2 is 2.09 bits per heavy atom. The van der Waals surface area contributed by atoms with Crippen LogP contribution in [0.25, 0.3) is 0 Å². The lowest BCUT2D eigenvalue weighted by atomic mass is 9.92. The highest BCUT2D eigenvalue weighted by molar-refractivity contribution is 7.89. The molecule has 1 aromatic rings. The van der Waals surface area contributed by atoms with Gasteiger partial charge in [0.15, 0.2) is 6.19 Å². The van der Waals surface area contributed by atoms with Crippen molar-refractivity contribution in [2.24, 2.45) is 5.92 Å². The SMILES string of the molecule is N#CN1CC2NNC(c3cccc(S(=O)(=O)NC4CC4)c3)C2C1. The van der Waals surface area contributed by atoms with E-state index >= 15 is 0 Å². The first kappa shape index (κ1) is 14.9. The molecular formula is C15H19N5O2S. The van der Waals surface area contributed by atoms with Crippen LogP contribution >= 0.6 is 0 Å².